The van der Waals surface area contributed by atoms with Gasteiger partial charge in [0.2, 0.25) is 0 Å². The molecule has 0 radical (unpaired) electrons. The van der Waals surface area contributed by atoms with Crippen LogP contribution in [0, 0.1) is 13.8 Å². The van der Waals surface area contributed by atoms with Crippen molar-refractivity contribution in [2.45, 2.75) is 13.8 Å². The molecule has 0 bridgehead atoms. The molecular formula is C15H16N2O2S. The van der Waals surface area contributed by atoms with Crippen molar-refractivity contribution in [3.8, 4) is 22.2 Å². The summed E-state index contributed by atoms with van der Waals surface area (Å²) in [5.74, 6) is 2.28. The average Bonchev–Trinajstić information content (AvgIpc) is 3.00. The Balaban J connectivity index is 2.15. The minimum absolute atomic E-state index is 0.691. The number of nitrogens with zero attached hydrogens (tertiary/aromatic N) is 1. The van der Waals surface area contributed by atoms with Crippen molar-refractivity contribution in [2.24, 2.45) is 0 Å². The molecule has 0 unspecified atom stereocenters. The number of aromatic nitrogens is 2. The van der Waals surface area contributed by atoms with Crippen molar-refractivity contribution in [1.29, 1.82) is 0 Å². The maximum Gasteiger partial charge on any atom is 0.163 e. The summed E-state index contributed by atoms with van der Waals surface area (Å²) in [5.41, 5.74) is 3.11. The lowest BCUT2D eigenvalue weighted by Crippen LogP contribution is -1.89. The standard InChI is InChI=1S/C15H16N2O2S/c1-8-5-14(20-9(8)2)15-16-10-6-12(18-3)13(19-4)7-11(10)17-15/h5-7H,1-4H3,(H,16,17). The van der Waals surface area contributed by atoms with Gasteiger partial charge in [-0.25, -0.2) is 4.98 Å². The van der Waals surface area contributed by atoms with Crippen molar-refractivity contribution >= 4 is 22.4 Å². The Hall–Kier alpha value is -2.01. The SMILES string of the molecule is COc1cc2nc(-c3cc(C)c(C)s3)[nH]c2cc1OC. The van der Waals surface area contributed by atoms with E-state index in [1.807, 2.05) is 12.1 Å². The van der Waals surface area contributed by atoms with Gasteiger partial charge in [-0.05, 0) is 25.5 Å². The van der Waals surface area contributed by atoms with Crippen LogP contribution in [0.15, 0.2) is 18.2 Å². The molecule has 104 valence electrons. The van der Waals surface area contributed by atoms with Gasteiger partial charge in [0.25, 0.3) is 0 Å². The summed E-state index contributed by atoms with van der Waals surface area (Å²) >= 11 is 1.75. The first kappa shape index (κ1) is 13.0. The lowest BCUT2D eigenvalue weighted by molar-refractivity contribution is 0.356. The summed E-state index contributed by atoms with van der Waals surface area (Å²) in [6.45, 7) is 4.24. The van der Waals surface area contributed by atoms with Crippen LogP contribution in [0.4, 0.5) is 0 Å². The Bertz CT molecular complexity index is 713. The Morgan fingerprint density at radius 2 is 1.75 bits per heavy atom. The number of imidazole rings is 1. The molecular weight excluding hydrogens is 272 g/mol. The van der Waals surface area contributed by atoms with E-state index in [0.29, 0.717) is 11.5 Å². The largest absolute Gasteiger partial charge is 0.493 e. The highest BCUT2D eigenvalue weighted by atomic mass is 32.1. The highest BCUT2D eigenvalue weighted by Crippen LogP contribution is 2.34. The van der Waals surface area contributed by atoms with Gasteiger partial charge >= 0.3 is 0 Å². The Kier molecular flexibility index (Phi) is 3.14. The van der Waals surface area contributed by atoms with E-state index in [1.165, 1.54) is 10.4 Å². The van der Waals surface area contributed by atoms with Crippen LogP contribution in [-0.4, -0.2) is 24.2 Å². The third-order valence-corrected chi connectivity index (χ3v) is 4.55. The monoisotopic (exact) mass is 288 g/mol. The Morgan fingerprint density at radius 1 is 1.05 bits per heavy atom. The van der Waals surface area contributed by atoms with Crippen molar-refractivity contribution in [3.63, 3.8) is 0 Å². The molecule has 2 aromatic heterocycles. The number of fused-ring (bicyclic) bond motifs is 1. The number of nitrogens with one attached hydrogen (secondary N) is 1. The second-order valence-corrected chi connectivity index (χ2v) is 5.92. The second kappa shape index (κ2) is 4.83. The first-order valence-corrected chi connectivity index (χ1v) is 7.13. The van der Waals surface area contributed by atoms with Crippen LogP contribution >= 0.6 is 11.3 Å². The van der Waals surface area contributed by atoms with E-state index in [4.69, 9.17) is 9.47 Å². The summed E-state index contributed by atoms with van der Waals surface area (Å²) in [6, 6.07) is 5.96. The quantitative estimate of drug-likeness (QED) is 0.794. The zero-order valence-corrected chi connectivity index (χ0v) is 12.7. The summed E-state index contributed by atoms with van der Waals surface area (Å²) in [5, 5.41) is 0. The number of aromatic amines is 1. The van der Waals surface area contributed by atoms with Crippen LogP contribution in [-0.2, 0) is 0 Å². The van der Waals surface area contributed by atoms with E-state index in [1.54, 1.807) is 25.6 Å². The first-order valence-electron chi connectivity index (χ1n) is 6.31. The van der Waals surface area contributed by atoms with Gasteiger partial charge in [0, 0.05) is 17.0 Å². The number of rotatable bonds is 3. The maximum absolute atomic E-state index is 5.31. The fourth-order valence-electron chi connectivity index (χ4n) is 2.14. The number of hydrogen-bond acceptors (Lipinski definition) is 4. The average molecular weight is 288 g/mol. The molecule has 3 aromatic rings. The summed E-state index contributed by atoms with van der Waals surface area (Å²) in [4.78, 5) is 10.4. The number of thiophene rings is 1. The summed E-state index contributed by atoms with van der Waals surface area (Å²) in [6.07, 6.45) is 0. The van der Waals surface area contributed by atoms with Crippen molar-refractivity contribution < 1.29 is 9.47 Å². The van der Waals surface area contributed by atoms with E-state index in [0.717, 1.165) is 21.7 Å². The van der Waals surface area contributed by atoms with Gasteiger partial charge in [-0.3, -0.25) is 0 Å². The fourth-order valence-corrected chi connectivity index (χ4v) is 3.12. The molecule has 2 heterocycles. The van der Waals surface area contributed by atoms with Crippen LogP contribution in [0.2, 0.25) is 0 Å². The summed E-state index contributed by atoms with van der Waals surface area (Å²) < 4.78 is 10.6. The van der Waals surface area contributed by atoms with Gasteiger partial charge in [0.1, 0.15) is 5.82 Å². The number of ether oxygens (including phenoxy) is 2. The number of methoxy groups -OCH3 is 2. The van der Waals surface area contributed by atoms with Crippen LogP contribution in [0.25, 0.3) is 21.7 Å². The zero-order chi connectivity index (χ0) is 14.3. The summed E-state index contributed by atoms with van der Waals surface area (Å²) in [7, 11) is 3.26. The molecule has 0 amide bonds. The highest BCUT2D eigenvalue weighted by molar-refractivity contribution is 7.15. The zero-order valence-electron chi connectivity index (χ0n) is 11.9. The van der Waals surface area contributed by atoms with Gasteiger partial charge in [0.15, 0.2) is 11.5 Å². The van der Waals surface area contributed by atoms with E-state index in [9.17, 15) is 0 Å². The Morgan fingerprint density at radius 3 is 2.35 bits per heavy atom. The lowest BCUT2D eigenvalue weighted by Gasteiger charge is -2.06. The maximum atomic E-state index is 5.31. The third kappa shape index (κ3) is 2.04. The normalized spacial score (nSPS) is 11.0. The molecule has 0 spiro atoms. The molecule has 0 aliphatic heterocycles. The second-order valence-electron chi connectivity index (χ2n) is 4.66. The molecule has 0 atom stereocenters. The minimum Gasteiger partial charge on any atom is -0.493 e. The smallest absolute Gasteiger partial charge is 0.163 e. The van der Waals surface area contributed by atoms with Gasteiger partial charge < -0.3 is 14.5 Å². The van der Waals surface area contributed by atoms with Crippen LogP contribution in [0.1, 0.15) is 10.4 Å². The predicted molar refractivity (Wildman–Crippen MR) is 82.0 cm³/mol. The van der Waals surface area contributed by atoms with E-state index < -0.39 is 0 Å². The molecule has 20 heavy (non-hydrogen) atoms. The van der Waals surface area contributed by atoms with Crippen molar-refractivity contribution in [3.05, 3.63) is 28.6 Å². The molecule has 0 saturated heterocycles. The van der Waals surface area contributed by atoms with E-state index in [-0.39, 0.29) is 0 Å². The highest BCUT2D eigenvalue weighted by Gasteiger charge is 2.12. The molecule has 1 N–H and O–H groups in total. The van der Waals surface area contributed by atoms with Crippen molar-refractivity contribution in [2.75, 3.05) is 14.2 Å². The molecule has 0 fully saturated rings. The van der Waals surface area contributed by atoms with Gasteiger partial charge in [-0.2, -0.15) is 0 Å². The van der Waals surface area contributed by atoms with Crippen LogP contribution in [0.5, 0.6) is 11.5 Å². The fraction of sp³-hybridized carbons (Fsp3) is 0.267. The number of benzene rings is 1. The molecule has 1 aromatic carbocycles. The number of aryl methyl sites for hydroxylation is 2. The van der Waals surface area contributed by atoms with Crippen LogP contribution < -0.4 is 9.47 Å². The number of H-pyrrole nitrogens is 1. The lowest BCUT2D eigenvalue weighted by atomic mass is 10.3. The van der Waals surface area contributed by atoms with Gasteiger partial charge in [0.05, 0.1) is 30.1 Å². The van der Waals surface area contributed by atoms with Gasteiger partial charge in [-0.1, -0.05) is 0 Å². The predicted octanol–water partition coefficient (Wildman–Crippen LogP) is 3.93. The van der Waals surface area contributed by atoms with Crippen LogP contribution in [0.3, 0.4) is 0 Å². The molecule has 4 nitrogen and oxygen atoms in total. The topological polar surface area (TPSA) is 47.1 Å². The van der Waals surface area contributed by atoms with Gasteiger partial charge in [-0.15, -0.1) is 11.3 Å². The molecule has 0 aliphatic carbocycles. The third-order valence-electron chi connectivity index (χ3n) is 3.39. The van der Waals surface area contributed by atoms with E-state index >= 15 is 0 Å². The first-order chi connectivity index (χ1) is 9.62. The molecule has 0 aliphatic rings. The van der Waals surface area contributed by atoms with E-state index in [2.05, 4.69) is 29.9 Å². The number of hydrogen-bond donors (Lipinski definition) is 1. The minimum atomic E-state index is 0.691. The molecule has 5 heteroatoms. The Labute approximate surface area is 121 Å². The van der Waals surface area contributed by atoms with Crippen molar-refractivity contribution in [1.82, 2.24) is 9.97 Å². The molecule has 0 saturated carbocycles. The molecule has 3 rings (SSSR count).